The van der Waals surface area contributed by atoms with Crippen molar-refractivity contribution in [3.8, 4) is 0 Å². The van der Waals surface area contributed by atoms with Crippen LogP contribution in [0.5, 0.6) is 0 Å². The van der Waals surface area contributed by atoms with Gasteiger partial charge in [-0.25, -0.2) is 10.8 Å². The van der Waals surface area contributed by atoms with Gasteiger partial charge in [0, 0.05) is 6.04 Å². The molecule has 1 aliphatic rings. The molecule has 1 aliphatic carbocycles. The number of nitrogens with two attached hydrogens (primary N) is 1. The number of rotatable bonds is 4. The predicted octanol–water partition coefficient (Wildman–Crippen LogP) is 1.97. The van der Waals surface area contributed by atoms with Gasteiger partial charge in [0.1, 0.15) is 5.69 Å². The van der Waals surface area contributed by atoms with Crippen molar-refractivity contribution in [2.24, 2.45) is 11.8 Å². The molecule has 0 spiro atoms. The number of aryl methyl sites for hydroxylation is 1. The number of nitrogens with zero attached hydrogens (tertiary/aromatic N) is 3. The summed E-state index contributed by atoms with van der Waals surface area (Å²) < 4.78 is 0. The highest BCUT2D eigenvalue weighted by atomic mass is 16.6. The highest BCUT2D eigenvalue weighted by Crippen LogP contribution is 2.31. The average Bonchev–Trinajstić information content (AvgIpc) is 2.37. The molecular weight excluding hydrogens is 260 g/mol. The van der Waals surface area contributed by atoms with Crippen LogP contribution in [-0.4, -0.2) is 20.9 Å². The summed E-state index contributed by atoms with van der Waals surface area (Å²) in [7, 11) is 0. The van der Waals surface area contributed by atoms with Crippen LogP contribution in [-0.2, 0) is 0 Å². The normalized spacial score (nSPS) is 22.4. The van der Waals surface area contributed by atoms with Crippen molar-refractivity contribution in [2.45, 2.75) is 45.6 Å². The maximum atomic E-state index is 11.2. The lowest BCUT2D eigenvalue weighted by atomic mass is 9.87. The van der Waals surface area contributed by atoms with E-state index in [2.05, 4.69) is 27.6 Å². The highest BCUT2D eigenvalue weighted by molar-refractivity contribution is 5.61. The Balaban J connectivity index is 2.28. The minimum absolute atomic E-state index is 0.0813. The topological polar surface area (TPSA) is 119 Å². The Kier molecular flexibility index (Phi) is 4.33. The van der Waals surface area contributed by atoms with Gasteiger partial charge in [0.15, 0.2) is 0 Å². The first-order chi connectivity index (χ1) is 9.51. The molecule has 8 heteroatoms. The molecule has 1 aromatic heterocycles. The first-order valence-corrected chi connectivity index (χ1v) is 6.77. The molecular formula is C12H20N6O2. The number of nitrogen functional groups attached to an aromatic ring is 1. The standard InChI is InChI=1S/C12H20N6O2/c1-7-4-3-5-9(6-7)15-11-10(18(19)20)8(2)14-12(16-11)17-13/h7,9H,3-6,13H2,1-2H3,(H2,14,15,16,17). The van der Waals surface area contributed by atoms with Crippen LogP contribution in [0.2, 0.25) is 0 Å². The Labute approximate surface area is 117 Å². The van der Waals surface area contributed by atoms with E-state index in [0.29, 0.717) is 11.6 Å². The fourth-order valence-electron chi connectivity index (χ4n) is 2.71. The Hall–Kier alpha value is -1.96. The summed E-state index contributed by atoms with van der Waals surface area (Å²) in [6.45, 7) is 3.77. The maximum absolute atomic E-state index is 11.2. The van der Waals surface area contributed by atoms with Crippen LogP contribution in [0.3, 0.4) is 0 Å². The van der Waals surface area contributed by atoms with Crippen LogP contribution < -0.4 is 16.6 Å². The van der Waals surface area contributed by atoms with E-state index in [1.807, 2.05) is 0 Å². The minimum atomic E-state index is -0.454. The lowest BCUT2D eigenvalue weighted by Crippen LogP contribution is -2.27. The average molecular weight is 280 g/mol. The number of aromatic nitrogens is 2. The molecule has 1 saturated carbocycles. The van der Waals surface area contributed by atoms with E-state index >= 15 is 0 Å². The van der Waals surface area contributed by atoms with Gasteiger partial charge in [-0.1, -0.05) is 19.8 Å². The van der Waals surface area contributed by atoms with Gasteiger partial charge >= 0.3 is 5.69 Å². The third-order valence-electron chi connectivity index (χ3n) is 3.65. The molecule has 0 aromatic carbocycles. The van der Waals surface area contributed by atoms with E-state index in [1.54, 1.807) is 6.92 Å². The van der Waals surface area contributed by atoms with Crippen LogP contribution in [0.4, 0.5) is 17.5 Å². The fraction of sp³-hybridized carbons (Fsp3) is 0.667. The molecule has 2 unspecified atom stereocenters. The maximum Gasteiger partial charge on any atom is 0.332 e. The second kappa shape index (κ2) is 6.00. The van der Waals surface area contributed by atoms with Gasteiger partial charge < -0.3 is 5.32 Å². The first-order valence-electron chi connectivity index (χ1n) is 6.77. The van der Waals surface area contributed by atoms with Crippen LogP contribution >= 0.6 is 0 Å². The number of nitrogens with one attached hydrogen (secondary N) is 2. The second-order valence-corrected chi connectivity index (χ2v) is 5.34. The molecule has 0 amide bonds. The molecule has 4 N–H and O–H groups in total. The summed E-state index contributed by atoms with van der Waals surface area (Å²) in [6.07, 6.45) is 4.32. The van der Waals surface area contributed by atoms with E-state index in [0.717, 1.165) is 19.3 Å². The molecule has 1 heterocycles. The molecule has 1 fully saturated rings. The van der Waals surface area contributed by atoms with Gasteiger partial charge in [-0.3, -0.25) is 15.5 Å². The summed E-state index contributed by atoms with van der Waals surface area (Å²) in [6, 6.07) is 0.206. The molecule has 0 bridgehead atoms. The number of hydrogen-bond donors (Lipinski definition) is 3. The number of hydrogen-bond acceptors (Lipinski definition) is 7. The third kappa shape index (κ3) is 3.13. The fourth-order valence-corrected chi connectivity index (χ4v) is 2.71. The smallest absolute Gasteiger partial charge is 0.332 e. The van der Waals surface area contributed by atoms with E-state index < -0.39 is 4.92 Å². The van der Waals surface area contributed by atoms with Gasteiger partial charge in [0.05, 0.1) is 4.92 Å². The summed E-state index contributed by atoms with van der Waals surface area (Å²) in [5.41, 5.74) is 2.55. The van der Waals surface area contributed by atoms with Crippen molar-refractivity contribution < 1.29 is 4.92 Å². The highest BCUT2D eigenvalue weighted by Gasteiger charge is 2.26. The van der Waals surface area contributed by atoms with Crippen LogP contribution in [0.1, 0.15) is 38.3 Å². The van der Waals surface area contributed by atoms with Crippen molar-refractivity contribution in [1.82, 2.24) is 9.97 Å². The SMILES string of the molecule is Cc1nc(NN)nc(NC2CCCC(C)C2)c1[N+](=O)[O-]. The monoisotopic (exact) mass is 280 g/mol. The minimum Gasteiger partial charge on any atom is -0.361 e. The van der Waals surface area contributed by atoms with Crippen LogP contribution in [0.15, 0.2) is 0 Å². The van der Waals surface area contributed by atoms with Gasteiger partial charge in [0.2, 0.25) is 11.8 Å². The van der Waals surface area contributed by atoms with Gasteiger partial charge in [-0.15, -0.1) is 0 Å². The Morgan fingerprint density at radius 1 is 1.40 bits per heavy atom. The van der Waals surface area contributed by atoms with E-state index in [1.165, 1.54) is 6.42 Å². The molecule has 0 aliphatic heterocycles. The van der Waals surface area contributed by atoms with E-state index in [4.69, 9.17) is 5.84 Å². The number of hydrazine groups is 1. The lowest BCUT2D eigenvalue weighted by Gasteiger charge is -2.27. The predicted molar refractivity (Wildman–Crippen MR) is 76.3 cm³/mol. The zero-order chi connectivity index (χ0) is 14.7. The Bertz CT molecular complexity index is 507. The molecule has 110 valence electrons. The quantitative estimate of drug-likeness (QED) is 0.438. The zero-order valence-corrected chi connectivity index (χ0v) is 11.7. The van der Waals surface area contributed by atoms with E-state index in [-0.39, 0.29) is 23.5 Å². The second-order valence-electron chi connectivity index (χ2n) is 5.34. The third-order valence-corrected chi connectivity index (χ3v) is 3.65. The summed E-state index contributed by atoms with van der Waals surface area (Å²) >= 11 is 0. The van der Waals surface area contributed by atoms with Gasteiger partial charge in [0.25, 0.3) is 0 Å². The molecule has 0 saturated heterocycles. The Morgan fingerprint density at radius 2 is 2.15 bits per heavy atom. The molecule has 1 aromatic rings. The van der Waals surface area contributed by atoms with Crippen LogP contribution in [0, 0.1) is 23.0 Å². The molecule has 20 heavy (non-hydrogen) atoms. The van der Waals surface area contributed by atoms with Crippen molar-refractivity contribution in [1.29, 1.82) is 0 Å². The summed E-state index contributed by atoms with van der Waals surface area (Å²) in [4.78, 5) is 18.8. The number of nitro groups is 1. The van der Waals surface area contributed by atoms with Crippen molar-refractivity contribution in [3.63, 3.8) is 0 Å². The summed E-state index contributed by atoms with van der Waals surface area (Å²) in [5.74, 6) is 6.34. The molecule has 0 radical (unpaired) electrons. The van der Waals surface area contributed by atoms with E-state index in [9.17, 15) is 10.1 Å². The molecule has 2 rings (SSSR count). The summed E-state index contributed by atoms with van der Waals surface area (Å²) in [5, 5.41) is 14.4. The van der Waals surface area contributed by atoms with Gasteiger partial charge in [-0.2, -0.15) is 4.98 Å². The lowest BCUT2D eigenvalue weighted by molar-refractivity contribution is -0.385. The van der Waals surface area contributed by atoms with Crippen molar-refractivity contribution >= 4 is 17.5 Å². The zero-order valence-electron chi connectivity index (χ0n) is 11.7. The molecule has 8 nitrogen and oxygen atoms in total. The first kappa shape index (κ1) is 14.4. The Morgan fingerprint density at radius 3 is 2.75 bits per heavy atom. The van der Waals surface area contributed by atoms with Crippen molar-refractivity contribution in [2.75, 3.05) is 10.7 Å². The van der Waals surface area contributed by atoms with Crippen molar-refractivity contribution in [3.05, 3.63) is 15.8 Å². The number of anilines is 2. The van der Waals surface area contributed by atoms with Gasteiger partial charge in [-0.05, 0) is 25.7 Å². The molecule has 2 atom stereocenters. The van der Waals surface area contributed by atoms with Crippen LogP contribution in [0.25, 0.3) is 0 Å². The largest absolute Gasteiger partial charge is 0.361 e.